The van der Waals surface area contributed by atoms with Crippen molar-refractivity contribution in [3.8, 4) is 11.5 Å². The van der Waals surface area contributed by atoms with E-state index in [2.05, 4.69) is 15.9 Å². The summed E-state index contributed by atoms with van der Waals surface area (Å²) in [4.78, 5) is 0. The highest BCUT2D eigenvalue weighted by molar-refractivity contribution is 9.10. The highest BCUT2D eigenvalue weighted by atomic mass is 79.9. The molecule has 0 spiro atoms. The Bertz CT molecular complexity index is 629. The van der Waals surface area contributed by atoms with Crippen molar-refractivity contribution in [1.29, 1.82) is 5.41 Å². The molecule has 0 aliphatic rings. The molecule has 0 bridgehead atoms. The third kappa shape index (κ3) is 3.30. The third-order valence-corrected chi connectivity index (χ3v) is 3.59. The van der Waals surface area contributed by atoms with Gasteiger partial charge in [-0.2, -0.15) is 0 Å². The Balaban J connectivity index is 2.19. The van der Waals surface area contributed by atoms with Gasteiger partial charge in [-0.25, -0.2) is 0 Å². The summed E-state index contributed by atoms with van der Waals surface area (Å²) in [5, 5.41) is 7.53. The van der Waals surface area contributed by atoms with Crippen molar-refractivity contribution < 1.29 is 9.47 Å². The number of benzene rings is 2. The van der Waals surface area contributed by atoms with Gasteiger partial charge in [-0.3, -0.25) is 5.41 Å². The van der Waals surface area contributed by atoms with Gasteiger partial charge in [-0.05, 0) is 30.3 Å². The number of hydrogen-bond acceptors (Lipinski definition) is 3. The van der Waals surface area contributed by atoms with Gasteiger partial charge < -0.3 is 15.2 Å². The van der Waals surface area contributed by atoms with Crippen molar-refractivity contribution in [3.63, 3.8) is 0 Å². The highest BCUT2D eigenvalue weighted by Gasteiger charge is 2.08. The van der Waals surface area contributed by atoms with Gasteiger partial charge in [-0.15, -0.1) is 0 Å². The minimum absolute atomic E-state index is 0.00897. The van der Waals surface area contributed by atoms with Gasteiger partial charge in [0.1, 0.15) is 23.9 Å². The molecule has 0 heterocycles. The van der Waals surface area contributed by atoms with Crippen LogP contribution in [0.4, 0.5) is 0 Å². The topological polar surface area (TPSA) is 68.3 Å². The lowest BCUT2D eigenvalue weighted by atomic mass is 10.2. The number of nitrogens with one attached hydrogen (secondary N) is 1. The number of methoxy groups -OCH3 is 1. The zero-order chi connectivity index (χ0) is 14.5. The maximum Gasteiger partial charge on any atom is 0.130 e. The van der Waals surface area contributed by atoms with E-state index in [0.717, 1.165) is 15.8 Å². The van der Waals surface area contributed by atoms with Crippen LogP contribution in [0.3, 0.4) is 0 Å². The lowest BCUT2D eigenvalue weighted by molar-refractivity contribution is 0.304. The first-order valence-corrected chi connectivity index (χ1v) is 6.79. The van der Waals surface area contributed by atoms with Crippen LogP contribution in [0.15, 0.2) is 46.9 Å². The highest BCUT2D eigenvalue weighted by Crippen LogP contribution is 2.25. The van der Waals surface area contributed by atoms with Crippen molar-refractivity contribution in [2.75, 3.05) is 7.11 Å². The van der Waals surface area contributed by atoms with Crippen LogP contribution in [0.2, 0.25) is 0 Å². The summed E-state index contributed by atoms with van der Waals surface area (Å²) in [7, 11) is 1.62. The zero-order valence-electron chi connectivity index (χ0n) is 11.0. The van der Waals surface area contributed by atoms with Gasteiger partial charge in [0.15, 0.2) is 0 Å². The van der Waals surface area contributed by atoms with Crippen LogP contribution in [0.1, 0.15) is 11.1 Å². The first kappa shape index (κ1) is 14.4. The summed E-state index contributed by atoms with van der Waals surface area (Å²) >= 11 is 3.48. The Morgan fingerprint density at radius 2 is 2.00 bits per heavy atom. The molecule has 4 nitrogen and oxygen atoms in total. The Kier molecular flexibility index (Phi) is 4.63. The van der Waals surface area contributed by atoms with Crippen LogP contribution in [0.5, 0.6) is 11.5 Å². The maximum absolute atomic E-state index is 7.53. The Morgan fingerprint density at radius 1 is 1.25 bits per heavy atom. The van der Waals surface area contributed by atoms with Gasteiger partial charge in [-0.1, -0.05) is 28.1 Å². The smallest absolute Gasteiger partial charge is 0.130 e. The summed E-state index contributed by atoms with van der Waals surface area (Å²) in [6, 6.07) is 12.9. The third-order valence-electron chi connectivity index (χ3n) is 2.81. The number of para-hydroxylation sites is 1. The molecule has 0 atom stereocenters. The molecule has 104 valence electrons. The summed E-state index contributed by atoms with van der Waals surface area (Å²) in [5.74, 6) is 1.35. The van der Waals surface area contributed by atoms with Crippen LogP contribution < -0.4 is 15.2 Å². The summed E-state index contributed by atoms with van der Waals surface area (Å²) in [6.07, 6.45) is 0. The van der Waals surface area contributed by atoms with E-state index in [9.17, 15) is 0 Å². The van der Waals surface area contributed by atoms with Crippen molar-refractivity contribution in [1.82, 2.24) is 0 Å². The minimum atomic E-state index is -0.00897. The Labute approximate surface area is 126 Å². The van der Waals surface area contributed by atoms with Crippen LogP contribution in [-0.4, -0.2) is 12.9 Å². The van der Waals surface area contributed by atoms with E-state index in [1.807, 2.05) is 30.3 Å². The number of hydrogen-bond donors (Lipinski definition) is 2. The van der Waals surface area contributed by atoms with Crippen LogP contribution >= 0.6 is 15.9 Å². The molecule has 0 saturated carbocycles. The summed E-state index contributed by atoms with van der Waals surface area (Å²) < 4.78 is 11.9. The first-order valence-electron chi connectivity index (χ1n) is 6.00. The van der Waals surface area contributed by atoms with E-state index in [1.54, 1.807) is 19.2 Å². The van der Waals surface area contributed by atoms with E-state index in [1.165, 1.54) is 0 Å². The van der Waals surface area contributed by atoms with Gasteiger partial charge in [0.25, 0.3) is 0 Å². The molecular weight excluding hydrogens is 320 g/mol. The number of nitrogen functional groups attached to an aromatic ring is 1. The van der Waals surface area contributed by atoms with E-state index in [4.69, 9.17) is 20.6 Å². The molecule has 20 heavy (non-hydrogen) atoms. The quantitative estimate of drug-likeness (QED) is 0.651. The molecule has 0 fully saturated rings. The molecule has 0 aliphatic heterocycles. The molecule has 3 N–H and O–H groups in total. The SMILES string of the molecule is COc1ccc(Br)c(COc2ccccc2C(=N)N)c1. The van der Waals surface area contributed by atoms with Gasteiger partial charge in [0, 0.05) is 10.0 Å². The normalized spacial score (nSPS) is 10.1. The zero-order valence-corrected chi connectivity index (χ0v) is 12.6. The minimum Gasteiger partial charge on any atom is -0.497 e. The molecule has 0 radical (unpaired) electrons. The average molecular weight is 335 g/mol. The predicted molar refractivity (Wildman–Crippen MR) is 82.5 cm³/mol. The van der Waals surface area contributed by atoms with E-state index in [-0.39, 0.29) is 5.84 Å². The molecular formula is C15H15BrN2O2. The number of rotatable bonds is 5. The number of halogens is 1. The number of nitrogens with two attached hydrogens (primary N) is 1. The lowest BCUT2D eigenvalue weighted by Gasteiger charge is -2.12. The summed E-state index contributed by atoms with van der Waals surface area (Å²) in [5.41, 5.74) is 7.08. The van der Waals surface area contributed by atoms with E-state index >= 15 is 0 Å². The first-order chi connectivity index (χ1) is 9.61. The van der Waals surface area contributed by atoms with Crippen molar-refractivity contribution in [2.24, 2.45) is 5.73 Å². The number of amidine groups is 1. The van der Waals surface area contributed by atoms with Gasteiger partial charge in [0.2, 0.25) is 0 Å². The van der Waals surface area contributed by atoms with Crippen molar-refractivity contribution in [2.45, 2.75) is 6.61 Å². The number of ether oxygens (including phenoxy) is 2. The molecule has 2 aromatic carbocycles. The fourth-order valence-corrected chi connectivity index (χ4v) is 2.12. The largest absolute Gasteiger partial charge is 0.497 e. The van der Waals surface area contributed by atoms with Gasteiger partial charge in [0.05, 0.1) is 12.7 Å². The van der Waals surface area contributed by atoms with Gasteiger partial charge >= 0.3 is 0 Å². The lowest BCUT2D eigenvalue weighted by Crippen LogP contribution is -2.13. The molecule has 0 amide bonds. The second kappa shape index (κ2) is 6.43. The van der Waals surface area contributed by atoms with Crippen molar-refractivity contribution in [3.05, 3.63) is 58.1 Å². The van der Waals surface area contributed by atoms with Crippen LogP contribution in [0, 0.1) is 5.41 Å². The fraction of sp³-hybridized carbons (Fsp3) is 0.133. The molecule has 2 aromatic rings. The van der Waals surface area contributed by atoms with Crippen LogP contribution in [0.25, 0.3) is 0 Å². The second-order valence-electron chi connectivity index (χ2n) is 4.16. The maximum atomic E-state index is 7.53. The van der Waals surface area contributed by atoms with Crippen LogP contribution in [-0.2, 0) is 6.61 Å². The van der Waals surface area contributed by atoms with E-state index in [0.29, 0.717) is 17.9 Å². The Hall–Kier alpha value is -2.01. The fourth-order valence-electron chi connectivity index (χ4n) is 1.76. The molecule has 2 rings (SSSR count). The monoisotopic (exact) mass is 334 g/mol. The predicted octanol–water partition coefficient (Wildman–Crippen LogP) is 3.32. The molecule has 0 aliphatic carbocycles. The molecule has 0 saturated heterocycles. The standard InChI is InChI=1S/C15H15BrN2O2/c1-19-11-6-7-13(16)10(8-11)9-20-14-5-3-2-4-12(14)15(17)18/h2-8H,9H2,1H3,(H3,17,18). The second-order valence-corrected chi connectivity index (χ2v) is 5.01. The molecule has 0 unspecified atom stereocenters. The van der Waals surface area contributed by atoms with Crippen molar-refractivity contribution >= 4 is 21.8 Å². The summed E-state index contributed by atoms with van der Waals surface area (Å²) in [6.45, 7) is 0.363. The Morgan fingerprint density at radius 3 is 2.70 bits per heavy atom. The average Bonchev–Trinajstić information content (AvgIpc) is 2.46. The van der Waals surface area contributed by atoms with E-state index < -0.39 is 0 Å². The molecule has 5 heteroatoms. The molecule has 0 aromatic heterocycles.